The van der Waals surface area contributed by atoms with Gasteiger partial charge in [-0.1, -0.05) is 24.3 Å². The number of ether oxygens (including phenoxy) is 1. The van der Waals surface area contributed by atoms with Crippen molar-refractivity contribution in [2.75, 3.05) is 13.7 Å². The first-order valence-corrected chi connectivity index (χ1v) is 7.13. The molecular formula is C18H21NO2. The second-order valence-electron chi connectivity index (χ2n) is 4.97. The molecule has 0 aliphatic carbocycles. The quantitative estimate of drug-likeness (QED) is 0.838. The first kappa shape index (κ1) is 15.1. The fourth-order valence-electron chi connectivity index (χ4n) is 2.24. The number of amides is 1. The molecule has 0 radical (unpaired) electrons. The summed E-state index contributed by atoms with van der Waals surface area (Å²) in [7, 11) is 1.62. The van der Waals surface area contributed by atoms with Crippen molar-refractivity contribution in [3.05, 3.63) is 65.2 Å². The molecule has 0 atom stereocenters. The maximum Gasteiger partial charge on any atom is 0.254 e. The Labute approximate surface area is 126 Å². The minimum atomic E-state index is 0.0448. The molecule has 21 heavy (non-hydrogen) atoms. The van der Waals surface area contributed by atoms with Crippen molar-refractivity contribution >= 4 is 5.91 Å². The molecule has 2 aromatic rings. The predicted molar refractivity (Wildman–Crippen MR) is 84.6 cm³/mol. The summed E-state index contributed by atoms with van der Waals surface area (Å²) >= 11 is 0. The number of carbonyl (C=O) groups excluding carboxylic acids is 1. The van der Waals surface area contributed by atoms with Gasteiger partial charge in [0.05, 0.1) is 7.11 Å². The maximum absolute atomic E-state index is 12.6. The average molecular weight is 283 g/mol. The molecule has 0 heterocycles. The molecule has 3 nitrogen and oxygen atoms in total. The highest BCUT2D eigenvalue weighted by atomic mass is 16.5. The summed E-state index contributed by atoms with van der Waals surface area (Å²) < 4.78 is 5.12. The molecule has 1 amide bonds. The van der Waals surface area contributed by atoms with E-state index in [0.29, 0.717) is 18.7 Å². The zero-order chi connectivity index (χ0) is 15.2. The van der Waals surface area contributed by atoms with Crippen molar-refractivity contribution in [1.29, 1.82) is 0 Å². The third kappa shape index (κ3) is 3.63. The van der Waals surface area contributed by atoms with Crippen LogP contribution in [0.5, 0.6) is 5.75 Å². The smallest absolute Gasteiger partial charge is 0.254 e. The predicted octanol–water partition coefficient (Wildman–Crippen LogP) is 3.67. The number of hydrogen-bond donors (Lipinski definition) is 0. The van der Waals surface area contributed by atoms with Gasteiger partial charge in [-0.25, -0.2) is 0 Å². The first-order chi connectivity index (χ1) is 10.2. The monoisotopic (exact) mass is 283 g/mol. The van der Waals surface area contributed by atoms with Crippen LogP contribution in [-0.4, -0.2) is 24.5 Å². The molecule has 0 spiro atoms. The molecule has 0 unspecified atom stereocenters. The number of hydrogen-bond acceptors (Lipinski definition) is 2. The van der Waals surface area contributed by atoms with Crippen LogP contribution in [0.2, 0.25) is 0 Å². The molecule has 2 rings (SSSR count). The number of rotatable bonds is 5. The van der Waals surface area contributed by atoms with E-state index in [9.17, 15) is 4.79 Å². The second-order valence-corrected chi connectivity index (χ2v) is 4.97. The van der Waals surface area contributed by atoms with Crippen LogP contribution in [0.1, 0.15) is 28.4 Å². The molecule has 0 fully saturated rings. The molecule has 0 bridgehead atoms. The van der Waals surface area contributed by atoms with Gasteiger partial charge in [-0.2, -0.15) is 0 Å². The van der Waals surface area contributed by atoms with Crippen LogP contribution in [0.25, 0.3) is 0 Å². The van der Waals surface area contributed by atoms with Gasteiger partial charge in [0.1, 0.15) is 5.75 Å². The molecule has 110 valence electrons. The lowest BCUT2D eigenvalue weighted by molar-refractivity contribution is 0.0752. The molecule has 0 aliphatic heterocycles. The summed E-state index contributed by atoms with van der Waals surface area (Å²) in [6.07, 6.45) is 0. The van der Waals surface area contributed by atoms with Crippen LogP contribution in [-0.2, 0) is 6.54 Å². The van der Waals surface area contributed by atoms with E-state index in [1.165, 1.54) is 11.1 Å². The lowest BCUT2D eigenvalue weighted by atomic mass is 10.1. The first-order valence-electron chi connectivity index (χ1n) is 7.13. The Kier molecular flexibility index (Phi) is 4.99. The summed E-state index contributed by atoms with van der Waals surface area (Å²) in [5.41, 5.74) is 3.07. The number of carbonyl (C=O) groups is 1. The molecule has 2 aromatic carbocycles. The van der Waals surface area contributed by atoms with E-state index in [0.717, 1.165) is 5.75 Å². The standard InChI is InChI=1S/C18H21NO2/c1-4-19(13-16-8-6-5-7-14(16)2)18(20)15-9-11-17(21-3)12-10-15/h5-12H,4,13H2,1-3H3. The molecule has 0 N–H and O–H groups in total. The third-order valence-electron chi connectivity index (χ3n) is 3.63. The SMILES string of the molecule is CCN(Cc1ccccc1C)C(=O)c1ccc(OC)cc1. The molecule has 0 aromatic heterocycles. The van der Waals surface area contributed by atoms with Crippen molar-refractivity contribution in [3.8, 4) is 5.75 Å². The van der Waals surface area contributed by atoms with Gasteiger partial charge in [0, 0.05) is 18.7 Å². The van der Waals surface area contributed by atoms with Gasteiger partial charge in [-0.05, 0) is 49.2 Å². The maximum atomic E-state index is 12.6. The fourth-order valence-corrected chi connectivity index (χ4v) is 2.24. The van der Waals surface area contributed by atoms with Crippen LogP contribution >= 0.6 is 0 Å². The summed E-state index contributed by atoms with van der Waals surface area (Å²) in [6.45, 7) is 5.38. The van der Waals surface area contributed by atoms with Crippen LogP contribution in [0.4, 0.5) is 0 Å². The van der Waals surface area contributed by atoms with Gasteiger partial charge in [0.15, 0.2) is 0 Å². The van der Waals surface area contributed by atoms with Crippen LogP contribution < -0.4 is 4.74 Å². The van der Waals surface area contributed by atoms with Gasteiger partial charge in [0.25, 0.3) is 5.91 Å². The van der Waals surface area contributed by atoms with Crippen LogP contribution in [0.3, 0.4) is 0 Å². The van der Waals surface area contributed by atoms with Crippen LogP contribution in [0.15, 0.2) is 48.5 Å². The molecular weight excluding hydrogens is 262 g/mol. The van der Waals surface area contributed by atoms with E-state index in [1.54, 1.807) is 7.11 Å². The fraction of sp³-hybridized carbons (Fsp3) is 0.278. The third-order valence-corrected chi connectivity index (χ3v) is 3.63. The normalized spacial score (nSPS) is 10.2. The topological polar surface area (TPSA) is 29.5 Å². The Hall–Kier alpha value is -2.29. The summed E-state index contributed by atoms with van der Waals surface area (Å²) in [5, 5.41) is 0. The molecule has 3 heteroatoms. The van der Waals surface area contributed by atoms with Gasteiger partial charge >= 0.3 is 0 Å². The highest BCUT2D eigenvalue weighted by Gasteiger charge is 2.15. The number of aryl methyl sites for hydroxylation is 1. The van der Waals surface area contributed by atoms with Crippen LogP contribution in [0, 0.1) is 6.92 Å². The van der Waals surface area contributed by atoms with Gasteiger partial charge in [-0.3, -0.25) is 4.79 Å². The van der Waals surface area contributed by atoms with Gasteiger partial charge < -0.3 is 9.64 Å². The molecule has 0 saturated heterocycles. The van der Waals surface area contributed by atoms with Gasteiger partial charge in [0.2, 0.25) is 0 Å². The second kappa shape index (κ2) is 6.93. The molecule has 0 aliphatic rings. The Morgan fingerprint density at radius 1 is 1.10 bits per heavy atom. The van der Waals surface area contributed by atoms with E-state index in [2.05, 4.69) is 19.1 Å². The van der Waals surface area contributed by atoms with E-state index in [4.69, 9.17) is 4.74 Å². The lowest BCUT2D eigenvalue weighted by Gasteiger charge is -2.22. The zero-order valence-electron chi connectivity index (χ0n) is 12.8. The molecule has 0 saturated carbocycles. The highest BCUT2D eigenvalue weighted by molar-refractivity contribution is 5.94. The highest BCUT2D eigenvalue weighted by Crippen LogP contribution is 2.16. The zero-order valence-corrected chi connectivity index (χ0v) is 12.8. The van der Waals surface area contributed by atoms with Crippen molar-refractivity contribution in [2.45, 2.75) is 20.4 Å². The van der Waals surface area contributed by atoms with E-state index in [-0.39, 0.29) is 5.91 Å². The van der Waals surface area contributed by atoms with E-state index < -0.39 is 0 Å². The minimum absolute atomic E-state index is 0.0448. The number of methoxy groups -OCH3 is 1. The van der Waals surface area contributed by atoms with Gasteiger partial charge in [-0.15, -0.1) is 0 Å². The van der Waals surface area contributed by atoms with Crippen molar-refractivity contribution < 1.29 is 9.53 Å². The van der Waals surface area contributed by atoms with Crippen molar-refractivity contribution in [1.82, 2.24) is 4.90 Å². The Bertz CT molecular complexity index is 605. The number of nitrogens with zero attached hydrogens (tertiary/aromatic N) is 1. The minimum Gasteiger partial charge on any atom is -0.497 e. The average Bonchev–Trinajstić information content (AvgIpc) is 2.53. The largest absolute Gasteiger partial charge is 0.497 e. The number of benzene rings is 2. The Morgan fingerprint density at radius 2 is 1.76 bits per heavy atom. The van der Waals surface area contributed by atoms with E-state index in [1.807, 2.05) is 48.2 Å². The summed E-state index contributed by atoms with van der Waals surface area (Å²) in [5.74, 6) is 0.803. The Balaban J connectivity index is 2.16. The van der Waals surface area contributed by atoms with E-state index >= 15 is 0 Å². The Morgan fingerprint density at radius 3 is 2.33 bits per heavy atom. The lowest BCUT2D eigenvalue weighted by Crippen LogP contribution is -2.30. The van der Waals surface area contributed by atoms with Crippen molar-refractivity contribution in [3.63, 3.8) is 0 Å². The van der Waals surface area contributed by atoms with Crippen molar-refractivity contribution in [2.24, 2.45) is 0 Å². The summed E-state index contributed by atoms with van der Waals surface area (Å²) in [6, 6.07) is 15.4. The summed E-state index contributed by atoms with van der Waals surface area (Å²) in [4.78, 5) is 14.4.